The van der Waals surface area contributed by atoms with Gasteiger partial charge in [0.15, 0.2) is 17.1 Å². The van der Waals surface area contributed by atoms with Crippen LogP contribution in [0.3, 0.4) is 0 Å². The molecule has 0 aromatic rings. The number of esters is 2. The third-order valence-electron chi connectivity index (χ3n) is 17.4. The fourth-order valence-electron chi connectivity index (χ4n) is 13.2. The lowest BCUT2D eigenvalue weighted by Gasteiger charge is -2.62. The van der Waals surface area contributed by atoms with Gasteiger partial charge in [0.1, 0.15) is 17.8 Å². The van der Waals surface area contributed by atoms with Crippen LogP contribution in [0.5, 0.6) is 0 Å². The molecule has 1 saturated heterocycles. The summed E-state index contributed by atoms with van der Waals surface area (Å²) in [4.78, 5) is 70.7. The Kier molecular flexibility index (Phi) is 17.7. The van der Waals surface area contributed by atoms with E-state index in [0.717, 1.165) is 0 Å². The first-order valence-electron chi connectivity index (χ1n) is 25.0. The molecule has 4 aliphatic carbocycles. The molecule has 5 aliphatic rings. The van der Waals surface area contributed by atoms with Crippen LogP contribution in [0.15, 0.2) is 23.8 Å². The maximum Gasteiger partial charge on any atom is 0.311 e. The first-order chi connectivity index (χ1) is 31.9. The van der Waals surface area contributed by atoms with Crippen LogP contribution in [0, 0.1) is 46.3 Å². The number of carbonyl (C=O) groups is 5. The summed E-state index contributed by atoms with van der Waals surface area (Å²) in [6.45, 7) is 17.7. The molecule has 1 amide bonds. The van der Waals surface area contributed by atoms with E-state index in [1.165, 1.54) is 45.8 Å². The third-order valence-corrected chi connectivity index (χ3v) is 18.4. The van der Waals surface area contributed by atoms with E-state index in [1.54, 1.807) is 47.6 Å². The van der Waals surface area contributed by atoms with Gasteiger partial charge >= 0.3 is 11.9 Å². The van der Waals surface area contributed by atoms with Crippen molar-refractivity contribution in [1.29, 1.82) is 0 Å². The molecule has 3 fully saturated rings. The zero-order chi connectivity index (χ0) is 52.0. The summed E-state index contributed by atoms with van der Waals surface area (Å²) >= 11 is 0.435. The summed E-state index contributed by atoms with van der Waals surface area (Å²) in [6.07, 6.45) is -1.21. The number of ketones is 1. The zero-order valence-corrected chi connectivity index (χ0v) is 43.7. The second-order valence-corrected chi connectivity index (χ2v) is 23.4. The molecule has 69 heavy (non-hydrogen) atoms. The molecule has 1 aliphatic heterocycles. The normalized spacial score (nSPS) is 44.4. The van der Waals surface area contributed by atoms with Crippen molar-refractivity contribution in [1.82, 2.24) is 15.1 Å². The van der Waals surface area contributed by atoms with Crippen molar-refractivity contribution in [3.8, 4) is 0 Å². The Labute approximate surface area is 412 Å². The minimum absolute atomic E-state index is 0.0535. The molecular formula is C51H82FN3O13S. The van der Waals surface area contributed by atoms with Gasteiger partial charge in [-0.2, -0.15) is 0 Å². The second kappa shape index (κ2) is 21.3. The van der Waals surface area contributed by atoms with E-state index in [2.05, 4.69) is 5.32 Å². The number of nitrogens with zero attached hydrogens (tertiary/aromatic N) is 2. The fraction of sp³-hybridized carbons (Fsp3) is 0.824. The van der Waals surface area contributed by atoms with Crippen LogP contribution in [0.1, 0.15) is 121 Å². The molecule has 0 aromatic heterocycles. The Bertz CT molecular complexity index is 1980. The standard InChI is InChI=1S/C51H82FN3O13S/c1-13-38-49(10,66)42(61)32(6)55(27-28(2)25-48(9,65)41(60)30(4)40(59)31(5)43(62)67-38)22-14-20-53-21-18-39(58)68-51(44(63)69-45(64)54(11)12)29(3)23-36-35-16-15-33-24-34(56)17-19-46(33,7)50(35,52)37(57)26-47(36,51)8/h15,17,19,28-32,35-38,40-42,53,57,59-61,65-66H,13-14,16,18,20-27H2,1-12H3/t28-,29-,30+,31-,32-,35?,36?,37+,38-,40+,41-,42-,46+,47+,48-,49-,50+,51+/m1/s1. The van der Waals surface area contributed by atoms with Gasteiger partial charge in [-0.05, 0) is 104 Å². The van der Waals surface area contributed by atoms with E-state index in [1.807, 2.05) is 17.9 Å². The van der Waals surface area contributed by atoms with E-state index < -0.39 is 122 Å². The van der Waals surface area contributed by atoms with Gasteiger partial charge in [-0.25, -0.2) is 4.39 Å². The minimum Gasteiger partial charge on any atom is -0.459 e. The molecule has 0 bridgehead atoms. The lowest BCUT2D eigenvalue weighted by atomic mass is 9.45. The van der Waals surface area contributed by atoms with E-state index in [0.29, 0.717) is 43.4 Å². The topological polar surface area (TPSA) is 244 Å². The zero-order valence-electron chi connectivity index (χ0n) is 42.9. The van der Waals surface area contributed by atoms with E-state index >= 15 is 4.39 Å². The number of aliphatic hydroxyl groups excluding tert-OH is 4. The van der Waals surface area contributed by atoms with Crippen molar-refractivity contribution < 1.29 is 68.5 Å². The number of amides is 1. The smallest absolute Gasteiger partial charge is 0.311 e. The molecule has 2 unspecified atom stereocenters. The van der Waals surface area contributed by atoms with Crippen LogP contribution >= 0.6 is 11.8 Å². The monoisotopic (exact) mass is 996 g/mol. The van der Waals surface area contributed by atoms with Gasteiger partial charge in [0.2, 0.25) is 5.12 Å². The van der Waals surface area contributed by atoms with Gasteiger partial charge in [-0.1, -0.05) is 52.3 Å². The number of rotatable bonds is 10. The number of nitrogens with one attached hydrogen (secondary N) is 1. The number of ether oxygens (including phenoxy) is 2. The molecule has 5 rings (SSSR count). The maximum absolute atomic E-state index is 18.0. The van der Waals surface area contributed by atoms with Gasteiger partial charge in [0, 0.05) is 80.0 Å². The number of thioether (sulfide) groups is 1. The molecule has 2 saturated carbocycles. The molecule has 0 spiro atoms. The van der Waals surface area contributed by atoms with Gasteiger partial charge < -0.3 is 50.3 Å². The highest BCUT2D eigenvalue weighted by molar-refractivity contribution is 8.26. The summed E-state index contributed by atoms with van der Waals surface area (Å²) < 4.78 is 30.1. The lowest BCUT2D eigenvalue weighted by molar-refractivity contribution is -0.221. The van der Waals surface area contributed by atoms with Crippen LogP contribution in [0.2, 0.25) is 0 Å². The minimum atomic E-state index is -2.18. The van der Waals surface area contributed by atoms with Crippen LogP contribution in [-0.2, 0) is 28.7 Å². The van der Waals surface area contributed by atoms with Gasteiger partial charge in [0.25, 0.3) is 5.24 Å². The highest BCUT2D eigenvalue weighted by atomic mass is 32.2. The maximum atomic E-state index is 18.0. The largest absolute Gasteiger partial charge is 0.459 e. The summed E-state index contributed by atoms with van der Waals surface area (Å²) in [5, 5.41) is 71.4. The fourth-order valence-corrected chi connectivity index (χ4v) is 14.1. The third kappa shape index (κ3) is 10.4. The molecule has 18 heteroatoms. The summed E-state index contributed by atoms with van der Waals surface area (Å²) in [7, 11) is 3.01. The number of alkyl halides is 1. The lowest BCUT2D eigenvalue weighted by Crippen LogP contribution is -2.69. The first-order valence-corrected chi connectivity index (χ1v) is 25.8. The Morgan fingerprint density at radius 1 is 0.971 bits per heavy atom. The highest BCUT2D eigenvalue weighted by Gasteiger charge is 2.77. The van der Waals surface area contributed by atoms with Gasteiger partial charge in [-0.15, -0.1) is 0 Å². The van der Waals surface area contributed by atoms with Gasteiger partial charge in [0.05, 0.1) is 36.3 Å². The molecule has 16 nitrogen and oxygen atoms in total. The first kappa shape index (κ1) is 57.1. The molecule has 0 aromatic carbocycles. The summed E-state index contributed by atoms with van der Waals surface area (Å²) in [5.74, 6) is -5.95. The van der Waals surface area contributed by atoms with Crippen molar-refractivity contribution in [2.24, 2.45) is 46.3 Å². The Hall–Kier alpha value is -2.81. The number of cyclic esters (lactones) is 1. The Morgan fingerprint density at radius 2 is 1.62 bits per heavy atom. The van der Waals surface area contributed by atoms with E-state index in [4.69, 9.17) is 9.47 Å². The molecule has 7 N–H and O–H groups in total. The highest BCUT2D eigenvalue weighted by Crippen LogP contribution is 2.71. The van der Waals surface area contributed by atoms with Gasteiger partial charge in [-0.3, -0.25) is 28.9 Å². The number of allylic oxidation sites excluding steroid dienone is 4. The number of carbonyl (C=O) groups excluding carboxylic acids is 5. The van der Waals surface area contributed by atoms with Crippen molar-refractivity contribution in [3.05, 3.63) is 23.8 Å². The summed E-state index contributed by atoms with van der Waals surface area (Å²) in [6, 6.07) is -0.699. The van der Waals surface area contributed by atoms with Crippen molar-refractivity contribution in [3.63, 3.8) is 0 Å². The average molecular weight is 996 g/mol. The molecule has 0 radical (unpaired) electrons. The van der Waals surface area contributed by atoms with Crippen LogP contribution in [-0.4, -0.2) is 168 Å². The quantitative estimate of drug-likeness (QED) is 0.0926. The molecule has 1 heterocycles. The number of halogens is 1. The summed E-state index contributed by atoms with van der Waals surface area (Å²) in [5.41, 5.74) is -9.57. The van der Waals surface area contributed by atoms with Crippen molar-refractivity contribution in [2.45, 2.75) is 180 Å². The molecular weight excluding hydrogens is 914 g/mol. The number of hydrogen-bond acceptors (Lipinski definition) is 16. The van der Waals surface area contributed by atoms with Crippen LogP contribution < -0.4 is 5.32 Å². The predicted octanol–water partition coefficient (Wildman–Crippen LogP) is 4.11. The molecule has 18 atom stereocenters. The van der Waals surface area contributed by atoms with E-state index in [-0.39, 0.29) is 63.2 Å². The molecule has 392 valence electrons. The van der Waals surface area contributed by atoms with Crippen molar-refractivity contribution >= 4 is 39.8 Å². The number of fused-ring (bicyclic) bond motifs is 5. The van der Waals surface area contributed by atoms with Crippen molar-refractivity contribution in [2.75, 3.05) is 40.3 Å². The van der Waals surface area contributed by atoms with Crippen LogP contribution in [0.4, 0.5) is 9.18 Å². The van der Waals surface area contributed by atoms with Crippen LogP contribution in [0.25, 0.3) is 0 Å². The number of aliphatic hydroxyl groups is 6. The Morgan fingerprint density at radius 3 is 2.25 bits per heavy atom. The second-order valence-electron chi connectivity index (χ2n) is 22.5. The van der Waals surface area contributed by atoms with E-state index in [9.17, 15) is 54.6 Å². The SMILES string of the molecule is CC[C@H]1OC(=O)[C@H](C)[C@@H](O)[C@H](C)[C@@H](O)[C@](C)(O)C[C@@H](C)CN(CCCNCCC(=O)O[C@]2(C(=O)SC(=O)N(C)C)[C@H](C)CC3C4CC=C5CC(=O)C=C[C@]5(C)[C@@]4(F)[C@@H](O)C[C@@]32C)[C@H](C)[C@@H](O)[C@]1(C)O. The predicted molar refractivity (Wildman–Crippen MR) is 258 cm³/mol. The average Bonchev–Trinajstić information content (AvgIpc) is 3.49. The number of hydrogen-bond donors (Lipinski definition) is 7. The Balaban J connectivity index is 1.31.